The van der Waals surface area contributed by atoms with Gasteiger partial charge in [0.2, 0.25) is 0 Å². The topological polar surface area (TPSA) is 26.0 Å². The molecule has 0 spiro atoms. The van der Waals surface area contributed by atoms with Crippen molar-refractivity contribution in [3.05, 3.63) is 34.3 Å². The summed E-state index contributed by atoms with van der Waals surface area (Å²) in [7, 11) is 0. The Kier molecular flexibility index (Phi) is 2.71. The third-order valence-electron chi connectivity index (χ3n) is 3.57. The lowest BCUT2D eigenvalue weighted by Gasteiger charge is -2.11. The van der Waals surface area contributed by atoms with Gasteiger partial charge >= 0.3 is 6.18 Å². The molecule has 2 atom stereocenters. The molecule has 1 fully saturated rings. The lowest BCUT2D eigenvalue weighted by atomic mass is 10.0. The van der Waals surface area contributed by atoms with Gasteiger partial charge in [0.15, 0.2) is 0 Å². The van der Waals surface area contributed by atoms with E-state index in [2.05, 4.69) is 0 Å². The molecule has 0 radical (unpaired) electrons. The van der Waals surface area contributed by atoms with E-state index in [-0.39, 0.29) is 17.4 Å². The molecular weight excluding hydrogens is 251 g/mol. The molecule has 2 rings (SSSR count). The molecule has 17 heavy (non-hydrogen) atoms. The van der Waals surface area contributed by atoms with Gasteiger partial charge in [0.25, 0.3) is 0 Å². The van der Waals surface area contributed by atoms with Crippen molar-refractivity contribution in [2.24, 2.45) is 11.1 Å². The minimum Gasteiger partial charge on any atom is -0.327 e. The van der Waals surface area contributed by atoms with Gasteiger partial charge in [-0.15, -0.1) is 0 Å². The van der Waals surface area contributed by atoms with Gasteiger partial charge in [0.1, 0.15) is 0 Å². The van der Waals surface area contributed by atoms with Crippen LogP contribution in [0.1, 0.15) is 30.9 Å². The normalized spacial score (nSPS) is 27.0. The highest BCUT2D eigenvalue weighted by Crippen LogP contribution is 2.58. The Morgan fingerprint density at radius 1 is 1.29 bits per heavy atom. The van der Waals surface area contributed by atoms with Crippen LogP contribution in [0.15, 0.2) is 18.2 Å². The summed E-state index contributed by atoms with van der Waals surface area (Å²) < 4.78 is 37.8. The zero-order valence-corrected chi connectivity index (χ0v) is 10.2. The highest BCUT2D eigenvalue weighted by atomic mass is 35.5. The SMILES string of the molecule is CC1(C)[C@@H](N)[C@@H]1c1cc(C(F)(F)F)ccc1Cl. The van der Waals surface area contributed by atoms with E-state index in [1.54, 1.807) is 0 Å². The third kappa shape index (κ3) is 2.04. The summed E-state index contributed by atoms with van der Waals surface area (Å²) in [6, 6.07) is 3.26. The van der Waals surface area contributed by atoms with Crippen molar-refractivity contribution in [2.75, 3.05) is 0 Å². The van der Waals surface area contributed by atoms with Gasteiger partial charge in [-0.2, -0.15) is 13.2 Å². The van der Waals surface area contributed by atoms with Crippen LogP contribution in [0.5, 0.6) is 0 Å². The zero-order chi connectivity index (χ0) is 13.0. The van der Waals surface area contributed by atoms with Gasteiger partial charge in [-0.1, -0.05) is 25.4 Å². The highest BCUT2D eigenvalue weighted by Gasteiger charge is 2.57. The summed E-state index contributed by atoms with van der Waals surface area (Å²) in [5.41, 5.74) is 5.50. The van der Waals surface area contributed by atoms with Crippen LogP contribution in [0.2, 0.25) is 5.02 Å². The van der Waals surface area contributed by atoms with E-state index in [0.29, 0.717) is 10.6 Å². The Hall–Kier alpha value is -0.740. The molecule has 0 amide bonds. The second-order valence-electron chi connectivity index (χ2n) is 5.06. The predicted molar refractivity (Wildman–Crippen MR) is 61.0 cm³/mol. The Labute approximate surface area is 103 Å². The van der Waals surface area contributed by atoms with Crippen LogP contribution in [-0.4, -0.2) is 6.04 Å². The molecule has 0 aliphatic heterocycles. The molecular formula is C12H13ClF3N. The van der Waals surface area contributed by atoms with E-state index in [9.17, 15) is 13.2 Å². The molecule has 0 heterocycles. The average molecular weight is 264 g/mol. The van der Waals surface area contributed by atoms with Crippen molar-refractivity contribution in [3.63, 3.8) is 0 Å². The summed E-state index contributed by atoms with van der Waals surface area (Å²) in [6.07, 6.45) is -4.34. The minimum atomic E-state index is -4.34. The number of alkyl halides is 3. The molecule has 1 saturated carbocycles. The summed E-state index contributed by atoms with van der Waals surface area (Å²) in [6.45, 7) is 3.86. The average Bonchev–Trinajstić information content (AvgIpc) is 2.66. The number of benzene rings is 1. The molecule has 0 aromatic heterocycles. The van der Waals surface area contributed by atoms with Gasteiger partial charge in [0, 0.05) is 17.0 Å². The van der Waals surface area contributed by atoms with E-state index < -0.39 is 11.7 Å². The van der Waals surface area contributed by atoms with Crippen molar-refractivity contribution >= 4 is 11.6 Å². The smallest absolute Gasteiger partial charge is 0.327 e. The summed E-state index contributed by atoms with van der Waals surface area (Å²) in [4.78, 5) is 0. The highest BCUT2D eigenvalue weighted by molar-refractivity contribution is 6.31. The van der Waals surface area contributed by atoms with E-state index in [1.165, 1.54) is 6.07 Å². The number of nitrogens with two attached hydrogens (primary N) is 1. The Morgan fingerprint density at radius 3 is 2.24 bits per heavy atom. The second kappa shape index (κ2) is 3.62. The van der Waals surface area contributed by atoms with Gasteiger partial charge in [-0.05, 0) is 29.2 Å². The Morgan fingerprint density at radius 2 is 1.82 bits per heavy atom. The maximum absolute atomic E-state index is 12.6. The summed E-state index contributed by atoms with van der Waals surface area (Å²) in [5.74, 6) is -0.0997. The molecule has 1 aliphatic carbocycles. The quantitative estimate of drug-likeness (QED) is 0.819. The molecule has 94 valence electrons. The number of hydrogen-bond acceptors (Lipinski definition) is 1. The summed E-state index contributed by atoms with van der Waals surface area (Å²) in [5, 5.41) is 0.351. The predicted octanol–water partition coefficient (Wildman–Crippen LogP) is 3.81. The van der Waals surface area contributed by atoms with Crippen LogP contribution >= 0.6 is 11.6 Å². The largest absolute Gasteiger partial charge is 0.416 e. The van der Waals surface area contributed by atoms with Crippen LogP contribution in [0.4, 0.5) is 13.2 Å². The van der Waals surface area contributed by atoms with Crippen LogP contribution < -0.4 is 5.73 Å². The van der Waals surface area contributed by atoms with Crippen molar-refractivity contribution in [3.8, 4) is 0 Å². The van der Waals surface area contributed by atoms with Crippen molar-refractivity contribution in [2.45, 2.75) is 32.0 Å². The third-order valence-corrected chi connectivity index (χ3v) is 3.91. The lowest BCUT2D eigenvalue weighted by Crippen LogP contribution is -2.07. The maximum Gasteiger partial charge on any atom is 0.416 e. The van der Waals surface area contributed by atoms with E-state index in [0.717, 1.165) is 12.1 Å². The molecule has 0 bridgehead atoms. The lowest BCUT2D eigenvalue weighted by molar-refractivity contribution is -0.137. The first-order valence-electron chi connectivity index (χ1n) is 5.28. The first-order chi connectivity index (χ1) is 7.65. The molecule has 2 N–H and O–H groups in total. The molecule has 1 aliphatic rings. The van der Waals surface area contributed by atoms with E-state index >= 15 is 0 Å². The van der Waals surface area contributed by atoms with Crippen LogP contribution in [0.3, 0.4) is 0 Å². The second-order valence-corrected chi connectivity index (χ2v) is 5.47. The molecule has 5 heteroatoms. The van der Waals surface area contributed by atoms with Crippen LogP contribution in [0, 0.1) is 5.41 Å². The van der Waals surface area contributed by atoms with Gasteiger partial charge in [0.05, 0.1) is 5.56 Å². The molecule has 1 nitrogen and oxygen atoms in total. The van der Waals surface area contributed by atoms with Gasteiger partial charge < -0.3 is 5.73 Å². The van der Waals surface area contributed by atoms with Crippen molar-refractivity contribution in [1.82, 2.24) is 0 Å². The number of halogens is 4. The van der Waals surface area contributed by atoms with E-state index in [1.807, 2.05) is 13.8 Å². The van der Waals surface area contributed by atoms with Crippen molar-refractivity contribution < 1.29 is 13.2 Å². The van der Waals surface area contributed by atoms with Gasteiger partial charge in [-0.25, -0.2) is 0 Å². The standard InChI is InChI=1S/C12H13ClF3N/c1-11(2)9(10(11)17)7-5-6(12(14,15)16)3-4-8(7)13/h3-5,9-10H,17H2,1-2H3/t9-,10-/m0/s1. The molecule has 0 unspecified atom stereocenters. The zero-order valence-electron chi connectivity index (χ0n) is 9.48. The fourth-order valence-corrected chi connectivity index (χ4v) is 2.47. The monoisotopic (exact) mass is 263 g/mol. The molecule has 1 aromatic rings. The fourth-order valence-electron chi connectivity index (χ4n) is 2.23. The number of hydrogen-bond donors (Lipinski definition) is 1. The Bertz CT molecular complexity index is 454. The Balaban J connectivity index is 2.42. The van der Waals surface area contributed by atoms with Crippen molar-refractivity contribution in [1.29, 1.82) is 0 Å². The summed E-state index contributed by atoms with van der Waals surface area (Å²) >= 11 is 5.95. The van der Waals surface area contributed by atoms with Gasteiger partial charge in [-0.3, -0.25) is 0 Å². The molecule has 0 saturated heterocycles. The first kappa shape index (κ1) is 12.7. The fraction of sp³-hybridized carbons (Fsp3) is 0.500. The maximum atomic E-state index is 12.6. The van der Waals surface area contributed by atoms with Crippen LogP contribution in [-0.2, 0) is 6.18 Å². The molecule has 1 aromatic carbocycles. The first-order valence-corrected chi connectivity index (χ1v) is 5.65. The van der Waals surface area contributed by atoms with Crippen LogP contribution in [0.25, 0.3) is 0 Å². The number of rotatable bonds is 1. The van der Waals surface area contributed by atoms with E-state index in [4.69, 9.17) is 17.3 Å². The minimum absolute atomic E-state index is 0.0997.